The number of ketones is 4. The Hall–Kier alpha value is -3.27. The minimum Gasteiger partial charge on any atom is -0.382 e. The van der Waals surface area contributed by atoms with Crippen LogP contribution in [-0.2, 0) is 29.7 Å². The molecule has 0 bridgehead atoms. The Balaban J connectivity index is 3.15. The summed E-state index contributed by atoms with van der Waals surface area (Å²) >= 11 is 0. The molecule has 2 rings (SSSR count). The molecule has 0 aromatic heterocycles. The summed E-state index contributed by atoms with van der Waals surface area (Å²) in [5, 5.41) is 67.4. The highest BCUT2D eigenvalue weighted by Crippen LogP contribution is 2.55. The number of benzene rings is 1. The number of nitrogens with zero attached hydrogens (tertiary/aromatic N) is 1. The maximum atomic E-state index is 12.8. The Labute approximate surface area is 196 Å². The zero-order valence-corrected chi connectivity index (χ0v) is 18.9. The van der Waals surface area contributed by atoms with Gasteiger partial charge in [-0.3, -0.25) is 34.1 Å². The van der Waals surface area contributed by atoms with Crippen molar-refractivity contribution in [2.24, 2.45) is 0 Å². The molecule has 1 aliphatic heterocycles. The summed E-state index contributed by atoms with van der Waals surface area (Å²) in [6, 6.07) is 1.95. The van der Waals surface area contributed by atoms with Crippen LogP contribution in [0.15, 0.2) is 18.2 Å². The number of hydrogen-bond donors (Lipinski definition) is 5. The number of nitro benzene ring substituents is 1. The molecular weight excluding hydrogens is 474 g/mol. The second-order valence-electron chi connectivity index (χ2n) is 8.24. The van der Waals surface area contributed by atoms with Gasteiger partial charge in [0.25, 0.3) is 5.69 Å². The number of carbonyl (C=O) groups is 5. The van der Waals surface area contributed by atoms with E-state index in [1.807, 2.05) is 0 Å². The third-order valence-corrected chi connectivity index (χ3v) is 6.27. The molecule has 14 heteroatoms. The summed E-state index contributed by atoms with van der Waals surface area (Å²) in [6.07, 6.45) is -5.28. The van der Waals surface area contributed by atoms with Crippen molar-refractivity contribution in [3.05, 3.63) is 39.4 Å². The SMILES string of the molecule is CC(=O)C(O)[C@H]1O[C@](O)(c2ccc([N+](=O)[O-])cc2C=O)[C@@](O)(C(C)=O)[C@](O)(C(C)=O)[C@]1(O)C(C)=O. The molecule has 1 unspecified atom stereocenters. The molecule has 0 spiro atoms. The molecule has 35 heavy (non-hydrogen) atoms. The highest BCUT2D eigenvalue weighted by atomic mass is 16.7. The van der Waals surface area contributed by atoms with Crippen molar-refractivity contribution in [2.45, 2.75) is 62.5 Å². The molecule has 14 nitrogen and oxygen atoms in total. The highest BCUT2D eigenvalue weighted by Gasteiger charge is 2.84. The molecule has 1 aliphatic rings. The third-order valence-electron chi connectivity index (χ3n) is 6.27. The summed E-state index contributed by atoms with van der Waals surface area (Å²) in [4.78, 5) is 72.0. The number of ether oxygens (including phenoxy) is 1. The van der Waals surface area contributed by atoms with Crippen LogP contribution in [0.3, 0.4) is 0 Å². The lowest BCUT2D eigenvalue weighted by Gasteiger charge is -2.61. The molecule has 0 saturated carbocycles. The van der Waals surface area contributed by atoms with Crippen LogP contribution in [0, 0.1) is 10.1 Å². The van der Waals surface area contributed by atoms with Crippen LogP contribution in [0.2, 0.25) is 0 Å². The summed E-state index contributed by atoms with van der Waals surface area (Å²) < 4.78 is 5.23. The third kappa shape index (κ3) is 3.45. The first-order chi connectivity index (χ1) is 15.9. The molecule has 1 fully saturated rings. The lowest BCUT2D eigenvalue weighted by atomic mass is 9.56. The molecule has 0 radical (unpaired) electrons. The van der Waals surface area contributed by atoms with Gasteiger partial charge in [0, 0.05) is 23.3 Å². The number of nitro groups is 1. The summed E-state index contributed by atoms with van der Waals surface area (Å²) in [5.41, 5.74) is -14.0. The molecular formula is C21H23NO13. The van der Waals surface area contributed by atoms with E-state index in [2.05, 4.69) is 0 Å². The lowest BCUT2D eigenvalue weighted by Crippen LogP contribution is -2.89. The van der Waals surface area contributed by atoms with E-state index in [1.54, 1.807) is 0 Å². The predicted molar refractivity (Wildman–Crippen MR) is 111 cm³/mol. The fourth-order valence-electron chi connectivity index (χ4n) is 4.39. The van der Waals surface area contributed by atoms with E-state index in [-0.39, 0.29) is 6.29 Å². The molecule has 6 atom stereocenters. The van der Waals surface area contributed by atoms with Crippen molar-refractivity contribution < 1.29 is 59.2 Å². The molecule has 1 aromatic rings. The number of rotatable bonds is 8. The second kappa shape index (κ2) is 8.75. The van der Waals surface area contributed by atoms with Gasteiger partial charge >= 0.3 is 0 Å². The van der Waals surface area contributed by atoms with E-state index in [0.29, 0.717) is 39.0 Å². The number of aldehydes is 1. The lowest BCUT2D eigenvalue weighted by molar-refractivity contribution is -0.419. The van der Waals surface area contributed by atoms with Gasteiger partial charge in [-0.15, -0.1) is 0 Å². The van der Waals surface area contributed by atoms with Crippen molar-refractivity contribution in [3.63, 3.8) is 0 Å². The molecule has 0 aliphatic carbocycles. The normalized spacial score (nSPS) is 33.5. The maximum absolute atomic E-state index is 12.8. The molecule has 190 valence electrons. The Morgan fingerprint density at radius 2 is 1.51 bits per heavy atom. The van der Waals surface area contributed by atoms with Crippen LogP contribution < -0.4 is 0 Å². The van der Waals surface area contributed by atoms with E-state index >= 15 is 0 Å². The average molecular weight is 497 g/mol. The van der Waals surface area contributed by atoms with Gasteiger partial charge in [0.05, 0.1) is 4.92 Å². The van der Waals surface area contributed by atoms with Crippen molar-refractivity contribution in [1.29, 1.82) is 0 Å². The zero-order chi connectivity index (χ0) is 27.3. The van der Waals surface area contributed by atoms with E-state index in [9.17, 15) is 59.6 Å². The number of Topliss-reactive ketones (excluding diaryl/α,β-unsaturated/α-hetero) is 4. The summed E-state index contributed by atoms with van der Waals surface area (Å²) in [5.74, 6) is -9.82. The van der Waals surface area contributed by atoms with Crippen molar-refractivity contribution in [3.8, 4) is 0 Å². The Morgan fingerprint density at radius 3 is 1.89 bits per heavy atom. The van der Waals surface area contributed by atoms with Crippen LogP contribution in [0.25, 0.3) is 0 Å². The van der Waals surface area contributed by atoms with E-state index in [1.165, 1.54) is 0 Å². The van der Waals surface area contributed by atoms with Gasteiger partial charge in [0.15, 0.2) is 35.0 Å². The molecule has 5 N–H and O–H groups in total. The van der Waals surface area contributed by atoms with Crippen molar-refractivity contribution >= 4 is 35.1 Å². The van der Waals surface area contributed by atoms with Crippen molar-refractivity contribution in [2.75, 3.05) is 0 Å². The molecule has 1 saturated heterocycles. The maximum Gasteiger partial charge on any atom is 0.270 e. The van der Waals surface area contributed by atoms with Crippen LogP contribution in [0.1, 0.15) is 43.6 Å². The molecule has 1 heterocycles. The first-order valence-corrected chi connectivity index (χ1v) is 9.92. The van der Waals surface area contributed by atoms with Gasteiger partial charge in [-0.05, 0) is 33.8 Å². The molecule has 1 aromatic carbocycles. The number of hydrogen-bond acceptors (Lipinski definition) is 13. The van der Waals surface area contributed by atoms with Gasteiger partial charge in [0.2, 0.25) is 17.0 Å². The number of aliphatic hydroxyl groups excluding tert-OH is 1. The van der Waals surface area contributed by atoms with Crippen LogP contribution in [0.5, 0.6) is 0 Å². The average Bonchev–Trinajstić information content (AvgIpc) is 2.78. The predicted octanol–water partition coefficient (Wildman–Crippen LogP) is -2.14. The number of carbonyl (C=O) groups excluding carboxylic acids is 5. The van der Waals surface area contributed by atoms with E-state index < -0.39 is 79.7 Å². The van der Waals surface area contributed by atoms with E-state index in [0.717, 1.165) is 6.92 Å². The van der Waals surface area contributed by atoms with Crippen LogP contribution in [0.4, 0.5) is 5.69 Å². The number of aliphatic hydroxyl groups is 5. The highest BCUT2D eigenvalue weighted by molar-refractivity contribution is 6.06. The first kappa shape index (κ1) is 28.0. The Bertz CT molecular complexity index is 1150. The Kier molecular flexibility index (Phi) is 6.99. The monoisotopic (exact) mass is 497 g/mol. The van der Waals surface area contributed by atoms with Gasteiger partial charge in [-0.1, -0.05) is 0 Å². The topological polar surface area (TPSA) is 239 Å². The summed E-state index contributed by atoms with van der Waals surface area (Å²) in [6.45, 7) is 2.41. The first-order valence-electron chi connectivity index (χ1n) is 9.92. The standard InChI is InChI=1S/C21H23NO13/c1-9(24)16(28)17-18(29,10(2)25)19(30,11(3)26)20(31,12(4)27)21(32,35-17)15-6-5-14(22(33)34)7-13(15)8-23/h5-8,16-17,28-32H,1-4H3/t16?,17-,18+,19+,20-,21-/m1/s1. The van der Waals surface area contributed by atoms with Gasteiger partial charge < -0.3 is 30.3 Å². The van der Waals surface area contributed by atoms with Crippen LogP contribution >= 0.6 is 0 Å². The van der Waals surface area contributed by atoms with Gasteiger partial charge in [-0.25, -0.2) is 0 Å². The zero-order valence-electron chi connectivity index (χ0n) is 18.9. The van der Waals surface area contributed by atoms with Crippen molar-refractivity contribution in [1.82, 2.24) is 0 Å². The second-order valence-corrected chi connectivity index (χ2v) is 8.24. The Morgan fingerprint density at radius 1 is 1.00 bits per heavy atom. The minimum absolute atomic E-state index is 0.0563. The summed E-state index contributed by atoms with van der Waals surface area (Å²) in [7, 11) is 0. The quantitative estimate of drug-likeness (QED) is 0.147. The van der Waals surface area contributed by atoms with Crippen LogP contribution in [-0.4, -0.2) is 88.9 Å². The van der Waals surface area contributed by atoms with Gasteiger partial charge in [0.1, 0.15) is 12.2 Å². The smallest absolute Gasteiger partial charge is 0.270 e. The van der Waals surface area contributed by atoms with E-state index in [4.69, 9.17) is 4.74 Å². The number of non-ortho nitro benzene ring substituents is 1. The largest absolute Gasteiger partial charge is 0.382 e. The fourth-order valence-corrected chi connectivity index (χ4v) is 4.39. The minimum atomic E-state index is -3.98. The molecule has 0 amide bonds. The van der Waals surface area contributed by atoms with Gasteiger partial charge in [-0.2, -0.15) is 0 Å². The fraction of sp³-hybridized carbons (Fsp3) is 0.476.